The predicted molar refractivity (Wildman–Crippen MR) is 123 cm³/mol. The third-order valence-corrected chi connectivity index (χ3v) is 5.47. The number of halogens is 2. The summed E-state index contributed by atoms with van der Waals surface area (Å²) in [7, 11) is 0. The Morgan fingerprint density at radius 2 is 1.50 bits per heavy atom. The molecule has 7 heteroatoms. The van der Waals surface area contributed by atoms with Crippen molar-refractivity contribution in [1.29, 1.82) is 5.26 Å². The van der Waals surface area contributed by atoms with Crippen LogP contribution in [0.2, 0.25) is 0 Å². The van der Waals surface area contributed by atoms with E-state index in [1.807, 2.05) is 18.2 Å². The van der Waals surface area contributed by atoms with E-state index in [4.69, 9.17) is 19.5 Å². The van der Waals surface area contributed by atoms with Crippen molar-refractivity contribution in [2.45, 2.75) is 45.4 Å². The SMILES string of the molecule is CCCCCCCCOc1ccc(OCC(=O)Oc2c(Br)cc(C#N)cc2Br)cc1. The normalized spacial score (nSPS) is 10.3. The van der Waals surface area contributed by atoms with Gasteiger partial charge in [-0.15, -0.1) is 0 Å². The van der Waals surface area contributed by atoms with E-state index in [1.165, 1.54) is 32.1 Å². The molecule has 0 unspecified atom stereocenters. The van der Waals surface area contributed by atoms with E-state index >= 15 is 0 Å². The smallest absolute Gasteiger partial charge is 0.349 e. The molecular formula is C23H25Br2NO4. The van der Waals surface area contributed by atoms with Crippen molar-refractivity contribution >= 4 is 37.8 Å². The quantitative estimate of drug-likeness (QED) is 0.169. The van der Waals surface area contributed by atoms with E-state index in [9.17, 15) is 4.79 Å². The second kappa shape index (κ2) is 13.3. The minimum atomic E-state index is -0.551. The predicted octanol–water partition coefficient (Wildman–Crippen LogP) is 6.81. The van der Waals surface area contributed by atoms with Crippen LogP contribution in [0.1, 0.15) is 51.0 Å². The highest BCUT2D eigenvalue weighted by Gasteiger charge is 2.14. The molecule has 160 valence electrons. The van der Waals surface area contributed by atoms with E-state index in [-0.39, 0.29) is 6.61 Å². The minimum Gasteiger partial charge on any atom is -0.494 e. The molecule has 0 spiro atoms. The van der Waals surface area contributed by atoms with Gasteiger partial charge in [-0.3, -0.25) is 0 Å². The van der Waals surface area contributed by atoms with E-state index < -0.39 is 5.97 Å². The van der Waals surface area contributed by atoms with Crippen molar-refractivity contribution in [2.24, 2.45) is 0 Å². The van der Waals surface area contributed by atoms with E-state index in [1.54, 1.807) is 24.3 Å². The lowest BCUT2D eigenvalue weighted by molar-refractivity contribution is -0.136. The Morgan fingerprint density at radius 3 is 2.10 bits per heavy atom. The molecule has 0 heterocycles. The number of carbonyl (C=O) groups excluding carboxylic acids is 1. The molecule has 0 saturated heterocycles. The zero-order valence-corrected chi connectivity index (χ0v) is 20.1. The van der Waals surface area contributed by atoms with Gasteiger partial charge < -0.3 is 14.2 Å². The van der Waals surface area contributed by atoms with Crippen molar-refractivity contribution in [1.82, 2.24) is 0 Å². The molecule has 0 aliphatic carbocycles. The molecule has 0 aromatic heterocycles. The van der Waals surface area contributed by atoms with Crippen LogP contribution in [0.25, 0.3) is 0 Å². The van der Waals surface area contributed by atoms with Crippen molar-refractivity contribution in [3.05, 3.63) is 50.9 Å². The van der Waals surface area contributed by atoms with Crippen LogP contribution in [0.4, 0.5) is 0 Å². The second-order valence-electron chi connectivity index (χ2n) is 6.73. The zero-order chi connectivity index (χ0) is 21.8. The van der Waals surface area contributed by atoms with E-state index in [2.05, 4.69) is 38.8 Å². The zero-order valence-electron chi connectivity index (χ0n) is 17.0. The fourth-order valence-corrected chi connectivity index (χ4v) is 4.06. The number of unbranched alkanes of at least 4 members (excludes halogenated alkanes) is 5. The Bertz CT molecular complexity index is 839. The molecule has 0 bridgehead atoms. The Hall–Kier alpha value is -2.04. The third kappa shape index (κ3) is 8.37. The van der Waals surface area contributed by atoms with Gasteiger partial charge in [-0.05, 0) is 74.7 Å². The van der Waals surface area contributed by atoms with E-state index in [0.29, 0.717) is 32.6 Å². The maximum Gasteiger partial charge on any atom is 0.349 e. The highest BCUT2D eigenvalue weighted by Crippen LogP contribution is 2.34. The summed E-state index contributed by atoms with van der Waals surface area (Å²) in [5.41, 5.74) is 0.448. The second-order valence-corrected chi connectivity index (χ2v) is 8.44. The van der Waals surface area contributed by atoms with Gasteiger partial charge in [-0.2, -0.15) is 5.26 Å². The van der Waals surface area contributed by atoms with Crippen LogP contribution < -0.4 is 14.2 Å². The number of rotatable bonds is 12. The van der Waals surface area contributed by atoms with Gasteiger partial charge in [-0.25, -0.2) is 4.79 Å². The summed E-state index contributed by atoms with van der Waals surface area (Å²) < 4.78 is 17.6. The van der Waals surface area contributed by atoms with Gasteiger partial charge in [0.25, 0.3) is 0 Å². The summed E-state index contributed by atoms with van der Waals surface area (Å²) in [5.74, 6) is 1.09. The summed E-state index contributed by atoms with van der Waals surface area (Å²) >= 11 is 6.60. The fraction of sp³-hybridized carbons (Fsp3) is 0.391. The number of nitrogens with zero attached hydrogens (tertiary/aromatic N) is 1. The summed E-state index contributed by atoms with van der Waals surface area (Å²) in [4.78, 5) is 12.1. The van der Waals surface area contributed by atoms with Crippen LogP contribution >= 0.6 is 31.9 Å². The monoisotopic (exact) mass is 537 g/mol. The number of ether oxygens (including phenoxy) is 3. The lowest BCUT2D eigenvalue weighted by Gasteiger charge is -2.11. The first-order chi connectivity index (χ1) is 14.5. The molecular weight excluding hydrogens is 514 g/mol. The third-order valence-electron chi connectivity index (χ3n) is 4.29. The Morgan fingerprint density at radius 1 is 0.933 bits per heavy atom. The number of benzene rings is 2. The molecule has 30 heavy (non-hydrogen) atoms. The summed E-state index contributed by atoms with van der Waals surface area (Å²) in [6.45, 7) is 2.68. The van der Waals surface area contributed by atoms with Crippen LogP contribution in [0.3, 0.4) is 0 Å². The van der Waals surface area contributed by atoms with Crippen LogP contribution in [-0.2, 0) is 4.79 Å². The van der Waals surface area contributed by atoms with E-state index in [0.717, 1.165) is 12.2 Å². The summed E-state index contributed by atoms with van der Waals surface area (Å²) in [6, 6.07) is 12.4. The van der Waals surface area contributed by atoms with Gasteiger partial charge in [0.15, 0.2) is 12.4 Å². The molecule has 0 N–H and O–H groups in total. The maximum absolute atomic E-state index is 12.1. The first-order valence-corrected chi connectivity index (χ1v) is 11.6. The van der Waals surface area contributed by atoms with Crippen molar-refractivity contribution < 1.29 is 19.0 Å². The lowest BCUT2D eigenvalue weighted by atomic mass is 10.1. The molecule has 0 radical (unpaired) electrons. The fourth-order valence-electron chi connectivity index (χ4n) is 2.71. The Labute approximate surface area is 194 Å². The molecule has 0 fully saturated rings. The van der Waals surface area contributed by atoms with Crippen molar-refractivity contribution in [2.75, 3.05) is 13.2 Å². The largest absolute Gasteiger partial charge is 0.494 e. The number of esters is 1. The highest BCUT2D eigenvalue weighted by molar-refractivity contribution is 9.11. The van der Waals surface area contributed by atoms with Crippen LogP contribution in [0.15, 0.2) is 45.3 Å². The van der Waals surface area contributed by atoms with Gasteiger partial charge in [-0.1, -0.05) is 39.0 Å². The average Bonchev–Trinajstić information content (AvgIpc) is 2.74. The Balaban J connectivity index is 1.73. The van der Waals surface area contributed by atoms with Gasteiger partial charge in [0, 0.05) is 0 Å². The molecule has 2 rings (SSSR count). The molecule has 2 aromatic carbocycles. The topological polar surface area (TPSA) is 68.6 Å². The van der Waals surface area contributed by atoms with Gasteiger partial charge in [0.05, 0.1) is 27.2 Å². The highest BCUT2D eigenvalue weighted by atomic mass is 79.9. The van der Waals surface area contributed by atoms with Crippen LogP contribution in [0.5, 0.6) is 17.2 Å². The summed E-state index contributed by atoms with van der Waals surface area (Å²) in [6.07, 6.45) is 7.36. The minimum absolute atomic E-state index is 0.239. The van der Waals surface area contributed by atoms with Crippen LogP contribution in [-0.4, -0.2) is 19.2 Å². The number of hydrogen-bond donors (Lipinski definition) is 0. The lowest BCUT2D eigenvalue weighted by Crippen LogP contribution is -2.18. The van der Waals surface area contributed by atoms with Crippen molar-refractivity contribution in [3.8, 4) is 23.3 Å². The first kappa shape index (κ1) is 24.2. The summed E-state index contributed by atoms with van der Waals surface area (Å²) in [5, 5.41) is 8.96. The molecule has 0 atom stereocenters. The molecule has 5 nitrogen and oxygen atoms in total. The average molecular weight is 539 g/mol. The van der Waals surface area contributed by atoms with Gasteiger partial charge in [0.1, 0.15) is 11.5 Å². The standard InChI is InChI=1S/C23H25Br2NO4/c1-2-3-4-5-6-7-12-28-18-8-10-19(11-9-18)29-16-22(27)30-23-20(24)13-17(15-26)14-21(23)25/h8-11,13-14H,2-7,12,16H2,1H3. The molecule has 2 aromatic rings. The van der Waals surface area contributed by atoms with Crippen LogP contribution in [0, 0.1) is 11.3 Å². The van der Waals surface area contributed by atoms with Crippen molar-refractivity contribution in [3.63, 3.8) is 0 Å². The number of nitriles is 1. The van der Waals surface area contributed by atoms with Gasteiger partial charge >= 0.3 is 5.97 Å². The maximum atomic E-state index is 12.1. The number of hydrogen-bond acceptors (Lipinski definition) is 5. The Kier molecular flexibility index (Phi) is 10.7. The molecule has 0 aliphatic heterocycles. The van der Waals surface area contributed by atoms with Gasteiger partial charge in [0.2, 0.25) is 0 Å². The number of carbonyl (C=O) groups is 1. The molecule has 0 saturated carbocycles. The first-order valence-electron chi connectivity index (χ1n) is 9.99. The molecule has 0 amide bonds. The molecule has 0 aliphatic rings.